The Kier molecular flexibility index (Phi) is 5.16. The van der Waals surface area contributed by atoms with Crippen molar-refractivity contribution in [3.05, 3.63) is 124 Å². The Bertz CT molecular complexity index is 1390. The minimum atomic E-state index is -0.208. The second-order valence-electron chi connectivity index (χ2n) is 7.24. The molecule has 0 amide bonds. The van der Waals surface area contributed by atoms with Crippen LogP contribution in [-0.4, -0.2) is 26.1 Å². The summed E-state index contributed by atoms with van der Waals surface area (Å²) in [5.74, 6) is -0.416. The van der Waals surface area contributed by atoms with Gasteiger partial charge >= 0.3 is 192 Å². The first-order valence-corrected chi connectivity index (χ1v) is 11.7. The number of benzene rings is 3. The molecule has 1 aromatic heterocycles. The van der Waals surface area contributed by atoms with E-state index in [2.05, 4.69) is 9.74 Å². The molecule has 0 unspecified atom stereocenters. The molecule has 152 valence electrons. The molecule has 0 atom stereocenters. The van der Waals surface area contributed by atoms with Crippen LogP contribution in [0.15, 0.2) is 96.6 Å². The van der Waals surface area contributed by atoms with Gasteiger partial charge in [-0.15, -0.1) is 0 Å². The molecular weight excluding hydrogens is 463 g/mol. The molecule has 5 rings (SSSR count). The Balaban J connectivity index is 1.56. The van der Waals surface area contributed by atoms with Crippen LogP contribution in [-0.2, 0) is 0 Å². The quantitative estimate of drug-likeness (QED) is 0.151. The number of nitrogens with zero attached hydrogens (tertiary/aromatic N) is 2. The standard InChI is InChI=1S/C27H16N2O2Se/c1-28-18-8-7-11-20(16-18)29(19-9-3-2-4-10-19)25-15-14-21(32-25)17-24-26(30)22-12-5-6-13-23(22)27(24)31/h2-17H. The van der Waals surface area contributed by atoms with E-state index < -0.39 is 0 Å². The van der Waals surface area contributed by atoms with E-state index >= 15 is 0 Å². The topological polar surface area (TPSA) is 41.7 Å². The van der Waals surface area contributed by atoms with Crippen molar-refractivity contribution < 1.29 is 9.59 Å². The fourth-order valence-corrected chi connectivity index (χ4v) is 5.85. The van der Waals surface area contributed by atoms with Gasteiger partial charge in [0.25, 0.3) is 0 Å². The van der Waals surface area contributed by atoms with E-state index in [1.165, 1.54) is 0 Å². The molecule has 1 aliphatic rings. The number of Topliss-reactive ketones (excluding diaryl/α,β-unsaturated/α-hetero) is 2. The van der Waals surface area contributed by atoms with E-state index in [4.69, 9.17) is 6.57 Å². The summed E-state index contributed by atoms with van der Waals surface area (Å²) in [5.41, 5.74) is 3.65. The first kappa shape index (κ1) is 20.0. The molecule has 0 radical (unpaired) electrons. The molecule has 1 aliphatic carbocycles. The van der Waals surface area contributed by atoms with Crippen molar-refractivity contribution in [2.24, 2.45) is 0 Å². The fraction of sp³-hybridized carbons (Fsp3) is 0. The van der Waals surface area contributed by atoms with Crippen molar-refractivity contribution in [1.29, 1.82) is 0 Å². The van der Waals surface area contributed by atoms with Crippen LogP contribution in [0.4, 0.5) is 21.6 Å². The second kappa shape index (κ2) is 8.28. The summed E-state index contributed by atoms with van der Waals surface area (Å²) in [6.07, 6.45) is 1.74. The average Bonchev–Trinajstić information content (AvgIpc) is 3.39. The predicted octanol–water partition coefficient (Wildman–Crippen LogP) is 6.23. The molecule has 0 N–H and O–H groups in total. The number of hydrogen-bond donors (Lipinski definition) is 0. The van der Waals surface area contributed by atoms with Crippen molar-refractivity contribution >= 4 is 53.8 Å². The molecule has 0 saturated heterocycles. The Labute approximate surface area is 191 Å². The van der Waals surface area contributed by atoms with Gasteiger partial charge in [0.2, 0.25) is 0 Å². The van der Waals surface area contributed by atoms with E-state index in [0.717, 1.165) is 20.4 Å². The van der Waals surface area contributed by atoms with Gasteiger partial charge in [-0.05, 0) is 0 Å². The fourth-order valence-electron chi connectivity index (χ4n) is 3.77. The Morgan fingerprint density at radius 1 is 0.750 bits per heavy atom. The van der Waals surface area contributed by atoms with Gasteiger partial charge in [-0.25, -0.2) is 0 Å². The maximum absolute atomic E-state index is 12.8. The number of ketones is 2. The molecule has 4 nitrogen and oxygen atoms in total. The van der Waals surface area contributed by atoms with E-state index in [-0.39, 0.29) is 31.6 Å². The molecule has 0 aliphatic heterocycles. The molecular formula is C27H16N2O2Se. The summed E-state index contributed by atoms with van der Waals surface area (Å²) < 4.78 is 2.02. The van der Waals surface area contributed by atoms with Crippen molar-refractivity contribution in [2.75, 3.05) is 4.90 Å². The van der Waals surface area contributed by atoms with Crippen LogP contribution >= 0.6 is 0 Å². The number of carbonyl (C=O) groups is 2. The number of para-hydroxylation sites is 1. The van der Waals surface area contributed by atoms with Crippen LogP contribution in [0.5, 0.6) is 0 Å². The zero-order chi connectivity index (χ0) is 22.1. The van der Waals surface area contributed by atoms with E-state index in [1.807, 2.05) is 60.7 Å². The normalized spacial score (nSPS) is 12.4. The van der Waals surface area contributed by atoms with Gasteiger partial charge < -0.3 is 0 Å². The van der Waals surface area contributed by atoms with Crippen molar-refractivity contribution in [3.8, 4) is 0 Å². The number of fused-ring (bicyclic) bond motifs is 1. The van der Waals surface area contributed by atoms with Gasteiger partial charge in [-0.3, -0.25) is 0 Å². The van der Waals surface area contributed by atoms with Gasteiger partial charge in [0.05, 0.1) is 0 Å². The predicted molar refractivity (Wildman–Crippen MR) is 127 cm³/mol. The van der Waals surface area contributed by atoms with E-state index in [9.17, 15) is 9.59 Å². The zero-order valence-electron chi connectivity index (χ0n) is 16.9. The van der Waals surface area contributed by atoms with Crippen LogP contribution in [0.1, 0.15) is 25.2 Å². The molecule has 4 aromatic rings. The minimum absolute atomic E-state index is 0.119. The summed E-state index contributed by atoms with van der Waals surface area (Å²) in [4.78, 5) is 31.2. The van der Waals surface area contributed by atoms with Crippen molar-refractivity contribution in [3.63, 3.8) is 0 Å². The van der Waals surface area contributed by atoms with Crippen molar-refractivity contribution in [1.82, 2.24) is 0 Å². The van der Waals surface area contributed by atoms with Gasteiger partial charge in [0, 0.05) is 0 Å². The van der Waals surface area contributed by atoms with Gasteiger partial charge in [0.1, 0.15) is 0 Å². The summed E-state index contributed by atoms with van der Waals surface area (Å²) in [6.45, 7) is 7.36. The summed E-state index contributed by atoms with van der Waals surface area (Å²) in [7, 11) is 0. The second-order valence-corrected chi connectivity index (χ2v) is 9.54. The Morgan fingerprint density at radius 3 is 2.09 bits per heavy atom. The zero-order valence-corrected chi connectivity index (χ0v) is 18.6. The van der Waals surface area contributed by atoms with Crippen LogP contribution in [0.2, 0.25) is 0 Å². The third-order valence-corrected chi connectivity index (χ3v) is 7.39. The Hall–Kier alpha value is -3.97. The van der Waals surface area contributed by atoms with Crippen LogP contribution < -0.4 is 4.90 Å². The number of anilines is 3. The molecule has 3 aromatic carbocycles. The van der Waals surface area contributed by atoms with Gasteiger partial charge in [-0.1, -0.05) is 0 Å². The molecule has 0 bridgehead atoms. The van der Waals surface area contributed by atoms with E-state index in [1.54, 1.807) is 36.4 Å². The summed E-state index contributed by atoms with van der Waals surface area (Å²) in [5, 5.41) is 0. The first-order chi connectivity index (χ1) is 15.7. The average molecular weight is 479 g/mol. The molecule has 0 fully saturated rings. The number of hydrogen-bond acceptors (Lipinski definition) is 3. The molecule has 32 heavy (non-hydrogen) atoms. The SMILES string of the molecule is [C-]#[N+]c1cccc(N(c2ccccc2)c2ccc(C=C3C(=O)c4ccccc4C3=O)[se]2)c1. The molecule has 0 saturated carbocycles. The van der Waals surface area contributed by atoms with Crippen LogP contribution in [0.3, 0.4) is 0 Å². The summed E-state index contributed by atoms with van der Waals surface area (Å²) in [6, 6.07) is 28.5. The molecule has 1 heterocycles. The number of rotatable bonds is 4. The Morgan fingerprint density at radius 2 is 1.41 bits per heavy atom. The van der Waals surface area contributed by atoms with Gasteiger partial charge in [-0.2, -0.15) is 0 Å². The maximum atomic E-state index is 12.8. The van der Waals surface area contributed by atoms with Gasteiger partial charge in [0.15, 0.2) is 0 Å². The third-order valence-electron chi connectivity index (χ3n) is 5.26. The van der Waals surface area contributed by atoms with Crippen LogP contribution in [0.25, 0.3) is 10.9 Å². The van der Waals surface area contributed by atoms with Crippen molar-refractivity contribution in [2.45, 2.75) is 0 Å². The third kappa shape index (κ3) is 3.52. The number of carbonyl (C=O) groups excluding carboxylic acids is 2. The first-order valence-electron chi connectivity index (χ1n) is 9.98. The van der Waals surface area contributed by atoms with E-state index in [0.29, 0.717) is 16.8 Å². The monoisotopic (exact) mass is 480 g/mol. The number of allylic oxidation sites excluding steroid dienone is 1. The molecule has 0 spiro atoms. The molecule has 5 heteroatoms. The van der Waals surface area contributed by atoms with Crippen LogP contribution in [0, 0.1) is 6.57 Å². The summed E-state index contributed by atoms with van der Waals surface area (Å²) >= 11 is -0.119.